The lowest BCUT2D eigenvalue weighted by Crippen LogP contribution is -2.13. The first-order valence-electron chi connectivity index (χ1n) is 14.6. The Morgan fingerprint density at radius 3 is 1.33 bits per heavy atom. The number of benzene rings is 4. The summed E-state index contributed by atoms with van der Waals surface area (Å²) in [5.74, 6) is 1.66. The molecule has 0 radical (unpaired) electrons. The SMILES string of the molecule is c1cc2cc(OCCOCCOCCOc3ccc4cc(COCC5CO5)ccc4c3)ccc2cc1COCC1CO1. The second-order valence-corrected chi connectivity index (χ2v) is 10.5. The molecule has 4 aromatic rings. The second kappa shape index (κ2) is 14.8. The number of hydrogen-bond donors (Lipinski definition) is 0. The van der Waals surface area contributed by atoms with Crippen LogP contribution in [0, 0.1) is 0 Å². The van der Waals surface area contributed by atoms with E-state index in [9.17, 15) is 0 Å². The summed E-state index contributed by atoms with van der Waals surface area (Å²) in [6.07, 6.45) is 0.578. The molecule has 222 valence electrons. The van der Waals surface area contributed by atoms with Gasteiger partial charge in [0.2, 0.25) is 0 Å². The van der Waals surface area contributed by atoms with Gasteiger partial charge in [0.15, 0.2) is 0 Å². The average Bonchev–Trinajstić information content (AvgIpc) is 3.95. The summed E-state index contributed by atoms with van der Waals surface area (Å²) in [4.78, 5) is 0. The summed E-state index contributed by atoms with van der Waals surface area (Å²) in [7, 11) is 0. The lowest BCUT2D eigenvalue weighted by atomic mass is 10.1. The summed E-state index contributed by atoms with van der Waals surface area (Å²) in [6.45, 7) is 7.14. The molecular weight excluding hydrogens is 536 g/mol. The van der Waals surface area contributed by atoms with E-state index in [1.165, 1.54) is 10.8 Å². The van der Waals surface area contributed by atoms with E-state index in [1.807, 2.05) is 12.1 Å². The number of rotatable bonds is 19. The Hall–Kier alpha value is -3.24. The van der Waals surface area contributed by atoms with Crippen molar-refractivity contribution in [1.82, 2.24) is 0 Å². The third-order valence-corrected chi connectivity index (χ3v) is 7.07. The van der Waals surface area contributed by atoms with Gasteiger partial charge in [0, 0.05) is 0 Å². The Labute approximate surface area is 246 Å². The Bertz CT molecular complexity index is 1320. The molecule has 0 aromatic heterocycles. The first-order chi connectivity index (χ1) is 20.8. The molecule has 8 heteroatoms. The summed E-state index contributed by atoms with van der Waals surface area (Å²) in [5.41, 5.74) is 2.31. The van der Waals surface area contributed by atoms with E-state index in [-0.39, 0.29) is 12.2 Å². The highest BCUT2D eigenvalue weighted by atomic mass is 16.6. The lowest BCUT2D eigenvalue weighted by molar-refractivity contribution is 0.0274. The van der Waals surface area contributed by atoms with Crippen molar-refractivity contribution in [3.05, 3.63) is 83.9 Å². The van der Waals surface area contributed by atoms with E-state index in [1.54, 1.807) is 0 Å². The lowest BCUT2D eigenvalue weighted by Gasteiger charge is -2.10. The van der Waals surface area contributed by atoms with Crippen LogP contribution in [0.4, 0.5) is 0 Å². The maximum atomic E-state index is 5.87. The van der Waals surface area contributed by atoms with Gasteiger partial charge in [-0.15, -0.1) is 0 Å². The van der Waals surface area contributed by atoms with Crippen LogP contribution in [-0.2, 0) is 41.6 Å². The smallest absolute Gasteiger partial charge is 0.120 e. The second-order valence-electron chi connectivity index (χ2n) is 10.5. The van der Waals surface area contributed by atoms with E-state index >= 15 is 0 Å². The zero-order chi connectivity index (χ0) is 28.4. The molecule has 0 amide bonds. The van der Waals surface area contributed by atoms with Crippen molar-refractivity contribution in [1.29, 1.82) is 0 Å². The third-order valence-electron chi connectivity index (χ3n) is 7.07. The van der Waals surface area contributed by atoms with Crippen molar-refractivity contribution >= 4 is 21.5 Å². The summed E-state index contributed by atoms with van der Waals surface area (Å²) in [6, 6.07) is 24.9. The van der Waals surface area contributed by atoms with Crippen LogP contribution < -0.4 is 9.47 Å². The fourth-order valence-electron chi connectivity index (χ4n) is 4.61. The van der Waals surface area contributed by atoms with Gasteiger partial charge < -0.3 is 37.9 Å². The van der Waals surface area contributed by atoms with E-state index in [0.717, 1.165) is 46.6 Å². The molecule has 2 aliphatic rings. The molecule has 2 aliphatic heterocycles. The normalized spacial score (nSPS) is 17.5. The number of hydrogen-bond acceptors (Lipinski definition) is 8. The van der Waals surface area contributed by atoms with Crippen molar-refractivity contribution in [2.24, 2.45) is 0 Å². The molecule has 2 saturated heterocycles. The van der Waals surface area contributed by atoms with E-state index in [2.05, 4.69) is 60.7 Å². The van der Waals surface area contributed by atoms with Crippen LogP contribution in [0.2, 0.25) is 0 Å². The predicted molar refractivity (Wildman–Crippen MR) is 159 cm³/mol. The molecule has 4 aromatic carbocycles. The largest absolute Gasteiger partial charge is 0.491 e. The molecule has 6 rings (SSSR count). The van der Waals surface area contributed by atoms with Gasteiger partial charge in [-0.05, 0) is 69.1 Å². The number of epoxide rings is 2. The minimum absolute atomic E-state index is 0.289. The van der Waals surface area contributed by atoms with Gasteiger partial charge in [0.05, 0.1) is 66.1 Å². The van der Waals surface area contributed by atoms with Crippen LogP contribution in [0.15, 0.2) is 72.8 Å². The highest BCUT2D eigenvalue weighted by molar-refractivity contribution is 5.85. The number of ether oxygens (including phenoxy) is 8. The average molecular weight is 575 g/mol. The fourth-order valence-corrected chi connectivity index (χ4v) is 4.61. The Balaban J connectivity index is 0.807. The molecule has 2 fully saturated rings. The van der Waals surface area contributed by atoms with E-state index in [0.29, 0.717) is 66.1 Å². The molecular formula is C34H38O8. The highest BCUT2D eigenvalue weighted by Gasteiger charge is 2.22. The first-order valence-corrected chi connectivity index (χ1v) is 14.6. The molecule has 2 unspecified atom stereocenters. The van der Waals surface area contributed by atoms with Crippen molar-refractivity contribution in [2.75, 3.05) is 66.1 Å². The molecule has 8 nitrogen and oxygen atoms in total. The van der Waals surface area contributed by atoms with Crippen LogP contribution in [0.1, 0.15) is 11.1 Å². The van der Waals surface area contributed by atoms with E-state index in [4.69, 9.17) is 37.9 Å². The van der Waals surface area contributed by atoms with Crippen molar-refractivity contribution in [3.63, 3.8) is 0 Å². The minimum Gasteiger partial charge on any atom is -0.491 e. The maximum absolute atomic E-state index is 5.87. The summed E-state index contributed by atoms with van der Waals surface area (Å²) < 4.78 is 44.8. The van der Waals surface area contributed by atoms with Gasteiger partial charge in [0.1, 0.15) is 36.9 Å². The predicted octanol–water partition coefficient (Wildman–Crippen LogP) is 5.31. The summed E-state index contributed by atoms with van der Waals surface area (Å²) in [5, 5.41) is 4.60. The molecule has 2 atom stereocenters. The Morgan fingerprint density at radius 1 is 0.476 bits per heavy atom. The zero-order valence-electron chi connectivity index (χ0n) is 23.8. The molecule has 0 aliphatic carbocycles. The Kier molecular flexibility index (Phi) is 10.2. The van der Waals surface area contributed by atoms with E-state index < -0.39 is 0 Å². The van der Waals surface area contributed by atoms with Gasteiger partial charge in [-0.25, -0.2) is 0 Å². The minimum atomic E-state index is 0.289. The Morgan fingerprint density at radius 2 is 0.881 bits per heavy atom. The van der Waals surface area contributed by atoms with Crippen LogP contribution >= 0.6 is 0 Å². The van der Waals surface area contributed by atoms with Gasteiger partial charge in [-0.3, -0.25) is 0 Å². The van der Waals surface area contributed by atoms with Crippen molar-refractivity contribution in [3.8, 4) is 11.5 Å². The molecule has 0 spiro atoms. The molecule has 2 heterocycles. The molecule has 0 bridgehead atoms. The van der Waals surface area contributed by atoms with Crippen LogP contribution in [0.3, 0.4) is 0 Å². The highest BCUT2D eigenvalue weighted by Crippen LogP contribution is 2.24. The zero-order valence-corrected chi connectivity index (χ0v) is 23.8. The van der Waals surface area contributed by atoms with Gasteiger partial charge in [-0.2, -0.15) is 0 Å². The summed E-state index contributed by atoms with van der Waals surface area (Å²) >= 11 is 0. The van der Waals surface area contributed by atoms with Crippen LogP contribution in [0.5, 0.6) is 11.5 Å². The van der Waals surface area contributed by atoms with Gasteiger partial charge in [-0.1, -0.05) is 36.4 Å². The molecule has 0 N–H and O–H groups in total. The standard InChI is InChI=1S/C34H38O8/c1-3-29-17-31(7-5-27(29)15-25(1)19-37-21-33-23-41-33)39-13-11-35-9-10-36-12-14-40-32-8-6-28-16-26(2-4-30(28)18-32)20-38-22-34-24-42-34/h1-8,15-18,33-34H,9-14,19-24H2. The maximum Gasteiger partial charge on any atom is 0.120 e. The van der Waals surface area contributed by atoms with Gasteiger partial charge >= 0.3 is 0 Å². The van der Waals surface area contributed by atoms with Crippen LogP contribution in [0.25, 0.3) is 21.5 Å². The monoisotopic (exact) mass is 574 g/mol. The van der Waals surface area contributed by atoms with Crippen LogP contribution in [-0.4, -0.2) is 78.3 Å². The van der Waals surface area contributed by atoms with Crippen molar-refractivity contribution < 1.29 is 37.9 Å². The van der Waals surface area contributed by atoms with Crippen molar-refractivity contribution in [2.45, 2.75) is 25.4 Å². The topological polar surface area (TPSA) is 80.4 Å². The molecule has 42 heavy (non-hydrogen) atoms. The quantitative estimate of drug-likeness (QED) is 0.110. The third kappa shape index (κ3) is 9.13. The van der Waals surface area contributed by atoms with Gasteiger partial charge in [0.25, 0.3) is 0 Å². The molecule has 0 saturated carbocycles. The fraction of sp³-hybridized carbons (Fsp3) is 0.412. The number of fused-ring (bicyclic) bond motifs is 2. The first kappa shape index (κ1) is 28.9.